The predicted octanol–water partition coefficient (Wildman–Crippen LogP) is 2.12. The summed E-state index contributed by atoms with van der Waals surface area (Å²) >= 11 is 0. The van der Waals surface area contributed by atoms with Crippen LogP contribution >= 0.6 is 0 Å². The lowest BCUT2D eigenvalue weighted by molar-refractivity contribution is 0.203. The van der Waals surface area contributed by atoms with Gasteiger partial charge in [-0.15, -0.1) is 0 Å². The molecule has 1 aliphatic rings. The van der Waals surface area contributed by atoms with Crippen molar-refractivity contribution in [2.45, 2.75) is 18.9 Å². The average molecular weight is 413 g/mol. The van der Waals surface area contributed by atoms with Gasteiger partial charge < -0.3 is 4.57 Å². The van der Waals surface area contributed by atoms with Gasteiger partial charge in [-0.3, -0.25) is 14.4 Å². The Morgan fingerprint density at radius 3 is 2.45 bits per heavy atom. The van der Waals surface area contributed by atoms with Crippen LogP contribution in [0.5, 0.6) is 0 Å². The number of piperidine rings is 1. The number of aryl methyl sites for hydroxylation is 1. The molecule has 4 rings (SSSR count). The van der Waals surface area contributed by atoms with Crippen LogP contribution in [0.1, 0.15) is 18.9 Å². The van der Waals surface area contributed by atoms with Crippen LogP contribution < -0.4 is 5.56 Å². The van der Waals surface area contributed by atoms with Gasteiger partial charge in [0.25, 0.3) is 5.56 Å². The predicted molar refractivity (Wildman–Crippen MR) is 113 cm³/mol. The fraction of sp³-hybridized carbons (Fsp3) is 0.333. The molecule has 0 bridgehead atoms. The van der Waals surface area contributed by atoms with E-state index in [1.54, 1.807) is 17.7 Å². The molecule has 3 heterocycles. The lowest BCUT2D eigenvalue weighted by atomic mass is 9.98. The molecule has 7 nitrogen and oxygen atoms in total. The van der Waals surface area contributed by atoms with Crippen LogP contribution in [0.25, 0.3) is 22.3 Å². The molecule has 0 N–H and O–H groups in total. The fourth-order valence-corrected chi connectivity index (χ4v) is 4.49. The van der Waals surface area contributed by atoms with Gasteiger partial charge in [0.1, 0.15) is 0 Å². The van der Waals surface area contributed by atoms with E-state index in [1.807, 2.05) is 58.5 Å². The molecule has 1 saturated heterocycles. The van der Waals surface area contributed by atoms with Crippen molar-refractivity contribution in [2.75, 3.05) is 19.0 Å². The number of aromatic nitrogens is 3. The molecule has 3 aromatic rings. The van der Waals surface area contributed by atoms with Gasteiger partial charge in [0, 0.05) is 49.7 Å². The fourth-order valence-electron chi connectivity index (χ4n) is 3.88. The molecule has 8 heteroatoms. The van der Waals surface area contributed by atoms with Crippen molar-refractivity contribution in [1.82, 2.24) is 19.2 Å². The number of thiol groups is 1. The highest BCUT2D eigenvalue weighted by Gasteiger charge is 2.22. The first-order chi connectivity index (χ1) is 14.0. The van der Waals surface area contributed by atoms with Crippen molar-refractivity contribution >= 4 is 10.7 Å². The zero-order valence-corrected chi connectivity index (χ0v) is 17.2. The highest BCUT2D eigenvalue weighted by Crippen LogP contribution is 2.32. The van der Waals surface area contributed by atoms with Gasteiger partial charge in [-0.1, -0.05) is 30.3 Å². The smallest absolute Gasteiger partial charge is 0.250 e. The van der Waals surface area contributed by atoms with Crippen LogP contribution in [-0.2, 0) is 17.8 Å². The first kappa shape index (κ1) is 19.6. The molecule has 0 saturated carbocycles. The summed E-state index contributed by atoms with van der Waals surface area (Å²) in [6.07, 6.45) is 7.46. The Hall–Kier alpha value is -2.71. The second-order valence-corrected chi connectivity index (χ2v) is 8.40. The van der Waals surface area contributed by atoms with Crippen molar-refractivity contribution in [3.05, 3.63) is 65.3 Å². The lowest BCUT2D eigenvalue weighted by Crippen LogP contribution is -2.35. The molecule has 0 atom stereocenters. The molecule has 29 heavy (non-hydrogen) atoms. The number of hydrogen-bond acceptors (Lipinski definition) is 5. The summed E-state index contributed by atoms with van der Waals surface area (Å²) in [5.74, 6) is 0.130. The van der Waals surface area contributed by atoms with E-state index >= 15 is 0 Å². The normalized spacial score (nSPS) is 15.8. The second-order valence-electron chi connectivity index (χ2n) is 7.45. The zero-order chi connectivity index (χ0) is 20.4. The molecule has 2 aromatic heterocycles. The molecule has 1 fully saturated rings. The Morgan fingerprint density at radius 2 is 1.76 bits per heavy atom. The summed E-state index contributed by atoms with van der Waals surface area (Å²) in [4.78, 5) is 14.2. The number of hydrogen-bond donors (Lipinski definition) is 1. The Labute approximate surface area is 171 Å². The van der Waals surface area contributed by atoms with Crippen molar-refractivity contribution in [1.29, 1.82) is 0 Å². The summed E-state index contributed by atoms with van der Waals surface area (Å²) in [6.45, 7) is 1.50. The Balaban J connectivity index is 1.62. The molecule has 152 valence electrons. The minimum Gasteiger partial charge on any atom is -0.318 e. The van der Waals surface area contributed by atoms with Crippen LogP contribution in [0.2, 0.25) is 0 Å². The standard InChI is InChI=1S/C21H24N4O3S/c1-23-14-20(19(11-21(23)26)16-5-3-2-4-6-16)17-12-22-25(13-17)18-7-9-24(10-8-18)15-29(27)28/h2-6,11-14,18,29H,7-10,15H2,1H3. The summed E-state index contributed by atoms with van der Waals surface area (Å²) in [6, 6.07) is 11.8. The largest absolute Gasteiger partial charge is 0.318 e. The molecule has 0 amide bonds. The average Bonchev–Trinajstić information content (AvgIpc) is 3.20. The maximum absolute atomic E-state index is 12.3. The number of benzene rings is 1. The topological polar surface area (TPSA) is 77.2 Å². The molecule has 0 spiro atoms. The third-order valence-electron chi connectivity index (χ3n) is 5.47. The molecule has 1 aliphatic heterocycles. The van der Waals surface area contributed by atoms with E-state index in [9.17, 15) is 13.2 Å². The number of pyridine rings is 1. The van der Waals surface area contributed by atoms with E-state index < -0.39 is 10.7 Å². The van der Waals surface area contributed by atoms with Gasteiger partial charge in [0.2, 0.25) is 0 Å². The van der Waals surface area contributed by atoms with Crippen molar-refractivity contribution < 1.29 is 8.42 Å². The summed E-state index contributed by atoms with van der Waals surface area (Å²) in [7, 11) is -0.623. The maximum atomic E-state index is 12.3. The summed E-state index contributed by atoms with van der Waals surface area (Å²) < 4.78 is 25.4. The van der Waals surface area contributed by atoms with Crippen molar-refractivity contribution in [3.63, 3.8) is 0 Å². The van der Waals surface area contributed by atoms with Crippen LogP contribution in [-0.4, -0.2) is 46.6 Å². The maximum Gasteiger partial charge on any atom is 0.250 e. The van der Waals surface area contributed by atoms with E-state index in [4.69, 9.17) is 0 Å². The van der Waals surface area contributed by atoms with E-state index in [0.717, 1.165) is 48.2 Å². The Bertz CT molecular complexity index is 1120. The van der Waals surface area contributed by atoms with Crippen molar-refractivity contribution in [3.8, 4) is 22.3 Å². The highest BCUT2D eigenvalue weighted by molar-refractivity contribution is 7.72. The van der Waals surface area contributed by atoms with E-state index in [-0.39, 0.29) is 17.5 Å². The number of nitrogens with zero attached hydrogens (tertiary/aromatic N) is 4. The van der Waals surface area contributed by atoms with Gasteiger partial charge in [-0.05, 0) is 24.0 Å². The first-order valence-electron chi connectivity index (χ1n) is 9.66. The Kier molecular flexibility index (Phi) is 5.64. The number of rotatable bonds is 5. The molecule has 1 aromatic carbocycles. The van der Waals surface area contributed by atoms with E-state index in [0.29, 0.717) is 0 Å². The van der Waals surface area contributed by atoms with Gasteiger partial charge in [0.15, 0.2) is 10.7 Å². The van der Waals surface area contributed by atoms with Gasteiger partial charge >= 0.3 is 0 Å². The monoisotopic (exact) mass is 412 g/mol. The van der Waals surface area contributed by atoms with Gasteiger partial charge in [-0.2, -0.15) is 5.10 Å². The molecule has 0 radical (unpaired) electrons. The quantitative estimate of drug-likeness (QED) is 0.650. The van der Waals surface area contributed by atoms with Gasteiger partial charge in [0.05, 0.1) is 18.1 Å². The minimum absolute atomic E-state index is 0.0518. The molecular formula is C21H24N4O3S. The third-order valence-corrected chi connectivity index (χ3v) is 6.10. The van der Waals surface area contributed by atoms with Crippen LogP contribution in [0, 0.1) is 0 Å². The molecule has 0 aliphatic carbocycles. The minimum atomic E-state index is -2.37. The summed E-state index contributed by atoms with van der Waals surface area (Å²) in [5.41, 5.74) is 3.76. The van der Waals surface area contributed by atoms with Crippen LogP contribution in [0.3, 0.4) is 0 Å². The molecular weight excluding hydrogens is 388 g/mol. The van der Waals surface area contributed by atoms with Gasteiger partial charge in [-0.25, -0.2) is 8.42 Å². The third kappa shape index (κ3) is 4.33. The van der Waals surface area contributed by atoms with Crippen LogP contribution in [0.4, 0.5) is 0 Å². The van der Waals surface area contributed by atoms with Crippen molar-refractivity contribution in [2.24, 2.45) is 7.05 Å². The number of likely N-dealkylation sites (tertiary alicyclic amines) is 1. The second kappa shape index (κ2) is 8.34. The summed E-state index contributed by atoms with van der Waals surface area (Å²) in [5, 5.41) is 4.58. The SMILES string of the molecule is Cn1cc(-c2cnn(C3CCN(C[SH](=O)=O)CC3)c2)c(-c2ccccc2)cc1=O. The van der Waals surface area contributed by atoms with E-state index in [2.05, 4.69) is 5.10 Å². The molecule has 0 unspecified atom stereocenters. The lowest BCUT2D eigenvalue weighted by Gasteiger charge is -2.30. The van der Waals surface area contributed by atoms with Crippen LogP contribution in [0.15, 0.2) is 59.8 Å². The zero-order valence-electron chi connectivity index (χ0n) is 16.3. The highest BCUT2D eigenvalue weighted by atomic mass is 32.2. The Morgan fingerprint density at radius 1 is 1.03 bits per heavy atom. The van der Waals surface area contributed by atoms with E-state index in [1.165, 1.54) is 0 Å². The first-order valence-corrected chi connectivity index (χ1v) is 11.0.